The Bertz CT molecular complexity index is 690. The third-order valence-electron chi connectivity index (χ3n) is 2.92. The minimum absolute atomic E-state index is 0.138. The standard InChI is InChI=1S/C16H13FN2O2/c1-21-14-4-2-3-13(17)15(14)16(20)19-12-7-5-11(6-8-12)9-10-18/h2-8H,9H2,1H3,(H,19,20). The highest BCUT2D eigenvalue weighted by Crippen LogP contribution is 2.22. The highest BCUT2D eigenvalue weighted by molar-refractivity contribution is 6.06. The maximum Gasteiger partial charge on any atom is 0.262 e. The number of nitriles is 1. The molecule has 0 aliphatic carbocycles. The van der Waals surface area contributed by atoms with Crippen molar-refractivity contribution in [3.8, 4) is 11.8 Å². The lowest BCUT2D eigenvalue weighted by atomic mass is 10.1. The van der Waals surface area contributed by atoms with Crippen LogP contribution in [0, 0.1) is 17.1 Å². The summed E-state index contributed by atoms with van der Waals surface area (Å²) in [6, 6.07) is 13.0. The summed E-state index contributed by atoms with van der Waals surface area (Å²) >= 11 is 0. The van der Waals surface area contributed by atoms with Crippen LogP contribution in [0.15, 0.2) is 42.5 Å². The van der Waals surface area contributed by atoms with Crippen molar-refractivity contribution in [2.45, 2.75) is 6.42 Å². The van der Waals surface area contributed by atoms with Crippen LogP contribution < -0.4 is 10.1 Å². The van der Waals surface area contributed by atoms with E-state index in [1.54, 1.807) is 24.3 Å². The van der Waals surface area contributed by atoms with Crippen LogP contribution in [-0.4, -0.2) is 13.0 Å². The monoisotopic (exact) mass is 284 g/mol. The highest BCUT2D eigenvalue weighted by atomic mass is 19.1. The Morgan fingerprint density at radius 2 is 2.00 bits per heavy atom. The number of carbonyl (C=O) groups is 1. The molecule has 21 heavy (non-hydrogen) atoms. The molecule has 2 aromatic rings. The second kappa shape index (κ2) is 6.53. The van der Waals surface area contributed by atoms with E-state index in [9.17, 15) is 9.18 Å². The van der Waals surface area contributed by atoms with E-state index in [0.29, 0.717) is 12.1 Å². The van der Waals surface area contributed by atoms with Crippen LogP contribution in [0.4, 0.5) is 10.1 Å². The van der Waals surface area contributed by atoms with E-state index in [0.717, 1.165) is 5.56 Å². The van der Waals surface area contributed by atoms with E-state index in [4.69, 9.17) is 10.00 Å². The number of carbonyl (C=O) groups excluding carboxylic acids is 1. The Labute approximate surface area is 121 Å². The molecule has 0 aliphatic rings. The van der Waals surface area contributed by atoms with Crippen molar-refractivity contribution >= 4 is 11.6 Å². The molecule has 2 aromatic carbocycles. The van der Waals surface area contributed by atoms with Gasteiger partial charge in [-0.2, -0.15) is 5.26 Å². The highest BCUT2D eigenvalue weighted by Gasteiger charge is 2.17. The summed E-state index contributed by atoms with van der Waals surface area (Å²) in [6.07, 6.45) is 0.301. The number of hydrogen-bond acceptors (Lipinski definition) is 3. The van der Waals surface area contributed by atoms with E-state index >= 15 is 0 Å². The van der Waals surface area contributed by atoms with Crippen LogP contribution in [0.2, 0.25) is 0 Å². The number of ether oxygens (including phenoxy) is 1. The van der Waals surface area contributed by atoms with Crippen molar-refractivity contribution in [2.75, 3.05) is 12.4 Å². The molecule has 1 amide bonds. The van der Waals surface area contributed by atoms with Crippen molar-refractivity contribution in [1.29, 1.82) is 5.26 Å². The molecule has 0 saturated carbocycles. The van der Waals surface area contributed by atoms with E-state index in [2.05, 4.69) is 5.32 Å². The van der Waals surface area contributed by atoms with Crippen molar-refractivity contribution in [3.63, 3.8) is 0 Å². The quantitative estimate of drug-likeness (QED) is 0.938. The fraction of sp³-hybridized carbons (Fsp3) is 0.125. The van der Waals surface area contributed by atoms with Crippen molar-refractivity contribution in [1.82, 2.24) is 0 Å². The molecule has 1 N–H and O–H groups in total. The zero-order valence-electron chi connectivity index (χ0n) is 11.4. The molecular weight excluding hydrogens is 271 g/mol. The summed E-state index contributed by atoms with van der Waals surface area (Å²) in [5, 5.41) is 11.2. The molecule has 0 aliphatic heterocycles. The van der Waals surface area contributed by atoms with Crippen LogP contribution >= 0.6 is 0 Å². The number of hydrogen-bond donors (Lipinski definition) is 1. The van der Waals surface area contributed by atoms with E-state index in [1.807, 2.05) is 6.07 Å². The number of amides is 1. The molecule has 2 rings (SSSR count). The van der Waals surface area contributed by atoms with Crippen LogP contribution in [0.1, 0.15) is 15.9 Å². The van der Waals surface area contributed by atoms with Crippen molar-refractivity contribution in [3.05, 3.63) is 59.4 Å². The first-order valence-electron chi connectivity index (χ1n) is 6.25. The van der Waals surface area contributed by atoms with Crippen LogP contribution in [0.3, 0.4) is 0 Å². The van der Waals surface area contributed by atoms with Gasteiger partial charge in [0.25, 0.3) is 5.91 Å². The average Bonchev–Trinajstić information content (AvgIpc) is 2.49. The van der Waals surface area contributed by atoms with Gasteiger partial charge in [-0.25, -0.2) is 4.39 Å². The van der Waals surface area contributed by atoms with E-state index in [1.165, 1.54) is 25.3 Å². The molecule has 106 valence electrons. The Morgan fingerprint density at radius 3 is 2.62 bits per heavy atom. The normalized spacial score (nSPS) is 9.76. The van der Waals surface area contributed by atoms with Gasteiger partial charge in [0.15, 0.2) is 0 Å². The van der Waals surface area contributed by atoms with E-state index < -0.39 is 11.7 Å². The predicted octanol–water partition coefficient (Wildman–Crippen LogP) is 3.15. The zero-order valence-corrected chi connectivity index (χ0v) is 11.4. The number of rotatable bonds is 4. The maximum absolute atomic E-state index is 13.8. The maximum atomic E-state index is 13.8. The van der Waals surface area contributed by atoms with Gasteiger partial charge in [0.05, 0.1) is 19.6 Å². The second-order valence-electron chi connectivity index (χ2n) is 4.30. The molecule has 4 nitrogen and oxygen atoms in total. The van der Waals surface area contributed by atoms with Gasteiger partial charge < -0.3 is 10.1 Å². The molecule has 5 heteroatoms. The van der Waals surface area contributed by atoms with Crippen molar-refractivity contribution in [2.24, 2.45) is 0 Å². The summed E-state index contributed by atoms with van der Waals surface area (Å²) in [4.78, 5) is 12.1. The smallest absolute Gasteiger partial charge is 0.262 e. The number of nitrogens with zero attached hydrogens (tertiary/aromatic N) is 1. The van der Waals surface area contributed by atoms with Gasteiger partial charge in [0.2, 0.25) is 0 Å². The molecule has 0 spiro atoms. The third kappa shape index (κ3) is 3.37. The van der Waals surface area contributed by atoms with E-state index in [-0.39, 0.29) is 11.3 Å². The molecule has 0 heterocycles. The fourth-order valence-electron chi connectivity index (χ4n) is 1.89. The molecule has 0 bridgehead atoms. The Morgan fingerprint density at radius 1 is 1.29 bits per heavy atom. The summed E-state index contributed by atoms with van der Waals surface area (Å²) < 4.78 is 18.8. The summed E-state index contributed by atoms with van der Waals surface area (Å²) in [6.45, 7) is 0. The van der Waals surface area contributed by atoms with Gasteiger partial charge >= 0.3 is 0 Å². The van der Waals surface area contributed by atoms with Gasteiger partial charge in [0, 0.05) is 5.69 Å². The second-order valence-corrected chi connectivity index (χ2v) is 4.30. The minimum atomic E-state index is -0.645. The Balaban J connectivity index is 2.20. The number of nitrogens with one attached hydrogen (secondary N) is 1. The lowest BCUT2D eigenvalue weighted by Gasteiger charge is -2.10. The first kappa shape index (κ1) is 14.5. The Hall–Kier alpha value is -2.87. The third-order valence-corrected chi connectivity index (χ3v) is 2.92. The lowest BCUT2D eigenvalue weighted by molar-refractivity contribution is 0.102. The number of anilines is 1. The molecule has 0 atom stereocenters. The number of methoxy groups -OCH3 is 1. The lowest BCUT2D eigenvalue weighted by Crippen LogP contribution is -2.15. The van der Waals surface area contributed by atoms with Crippen LogP contribution in [0.25, 0.3) is 0 Å². The number of halogens is 1. The van der Waals surface area contributed by atoms with Crippen molar-refractivity contribution < 1.29 is 13.9 Å². The summed E-state index contributed by atoms with van der Waals surface area (Å²) in [7, 11) is 1.38. The first-order valence-corrected chi connectivity index (χ1v) is 6.25. The minimum Gasteiger partial charge on any atom is -0.496 e. The molecule has 0 fully saturated rings. The SMILES string of the molecule is COc1cccc(F)c1C(=O)Nc1ccc(CC#N)cc1. The van der Waals surface area contributed by atoms with Crippen LogP contribution in [0.5, 0.6) is 5.75 Å². The predicted molar refractivity (Wildman–Crippen MR) is 76.7 cm³/mol. The average molecular weight is 284 g/mol. The largest absolute Gasteiger partial charge is 0.496 e. The fourth-order valence-corrected chi connectivity index (χ4v) is 1.89. The molecule has 0 aromatic heterocycles. The van der Waals surface area contributed by atoms with Gasteiger partial charge in [0.1, 0.15) is 17.1 Å². The molecular formula is C16H13FN2O2. The zero-order chi connectivity index (χ0) is 15.2. The summed E-state index contributed by atoms with van der Waals surface area (Å²) in [5.74, 6) is -1.06. The molecule has 0 saturated heterocycles. The summed E-state index contributed by atoms with van der Waals surface area (Å²) in [5.41, 5.74) is 1.23. The van der Waals surface area contributed by atoms with Gasteiger partial charge in [-0.15, -0.1) is 0 Å². The molecule has 0 radical (unpaired) electrons. The molecule has 0 unspecified atom stereocenters. The van der Waals surface area contributed by atoms with Gasteiger partial charge in [-0.3, -0.25) is 4.79 Å². The topological polar surface area (TPSA) is 62.1 Å². The van der Waals surface area contributed by atoms with Crippen LogP contribution in [-0.2, 0) is 6.42 Å². The van der Waals surface area contributed by atoms with Gasteiger partial charge in [-0.1, -0.05) is 18.2 Å². The van der Waals surface area contributed by atoms with Gasteiger partial charge in [-0.05, 0) is 29.8 Å². The number of benzene rings is 2. The Kier molecular flexibility index (Phi) is 4.52. The first-order chi connectivity index (χ1) is 10.2.